The van der Waals surface area contributed by atoms with Gasteiger partial charge in [-0.3, -0.25) is 9.42 Å². The van der Waals surface area contributed by atoms with Gasteiger partial charge in [-0.2, -0.15) is 4.65 Å². The second-order valence-corrected chi connectivity index (χ2v) is 6.83. The molecule has 0 spiro atoms. The highest BCUT2D eigenvalue weighted by Crippen LogP contribution is 2.45. The van der Waals surface area contributed by atoms with Gasteiger partial charge in [0.1, 0.15) is 6.54 Å². The van der Waals surface area contributed by atoms with Crippen LogP contribution in [0.1, 0.15) is 39.0 Å². The van der Waals surface area contributed by atoms with Crippen molar-refractivity contribution in [3.8, 4) is 0 Å². The maximum Gasteiger partial charge on any atom is 0.518 e. The Morgan fingerprint density at radius 2 is 1.86 bits per heavy atom. The molecule has 0 aromatic heterocycles. The first-order valence-corrected chi connectivity index (χ1v) is 9.03. The fourth-order valence-corrected chi connectivity index (χ4v) is 2.83. The van der Waals surface area contributed by atoms with Crippen molar-refractivity contribution in [2.45, 2.75) is 39.0 Å². The lowest BCUT2D eigenvalue weighted by Crippen LogP contribution is -2.39. The van der Waals surface area contributed by atoms with Gasteiger partial charge in [0.15, 0.2) is 0 Å². The number of phosphoric ester groups is 1. The number of nitrogens with zero attached hydrogens (tertiary/aromatic N) is 1. The molecule has 130 valence electrons. The molecule has 0 aliphatic rings. The van der Waals surface area contributed by atoms with Gasteiger partial charge in [-0.15, -0.1) is 0 Å². The molecular formula is C14H29NO6P+. The first kappa shape index (κ1) is 21.3. The second kappa shape index (κ2) is 10.9. The largest absolute Gasteiger partial charge is 0.518 e. The first-order valence-electron chi connectivity index (χ1n) is 7.53. The van der Waals surface area contributed by atoms with Crippen LogP contribution in [-0.2, 0) is 23.2 Å². The summed E-state index contributed by atoms with van der Waals surface area (Å²) in [5, 5.41) is 0. The molecule has 0 amide bonds. The summed E-state index contributed by atoms with van der Waals surface area (Å²) in [4.78, 5) is 20.4. The van der Waals surface area contributed by atoms with E-state index >= 15 is 0 Å². The summed E-state index contributed by atoms with van der Waals surface area (Å²) in [6.45, 7) is 6.34. The standard InChI is InChI=1S/C14H28NO6P/c1-5-12-20-22(17,18)21-15(3,4)11-9-7-8-10-13-19-14(16)6-2/h6H,2,5,7-13H2,1,3-4H3/p+1. The Labute approximate surface area is 133 Å². The van der Waals surface area contributed by atoms with Crippen molar-refractivity contribution in [2.24, 2.45) is 0 Å². The number of carbonyl (C=O) groups is 1. The minimum Gasteiger partial charge on any atom is -0.463 e. The van der Waals surface area contributed by atoms with Gasteiger partial charge in [0.25, 0.3) is 0 Å². The van der Waals surface area contributed by atoms with E-state index in [1.165, 1.54) is 0 Å². The fraction of sp³-hybridized carbons (Fsp3) is 0.786. The quantitative estimate of drug-likeness (QED) is 0.139. The molecule has 0 fully saturated rings. The van der Waals surface area contributed by atoms with Crippen LogP contribution >= 0.6 is 7.82 Å². The van der Waals surface area contributed by atoms with E-state index in [2.05, 4.69) is 6.58 Å². The number of quaternary nitrogens is 1. The van der Waals surface area contributed by atoms with Crippen LogP contribution < -0.4 is 0 Å². The van der Waals surface area contributed by atoms with E-state index < -0.39 is 13.8 Å². The lowest BCUT2D eigenvalue weighted by atomic mass is 10.2. The van der Waals surface area contributed by atoms with Crippen molar-refractivity contribution in [1.82, 2.24) is 0 Å². The van der Waals surface area contributed by atoms with Crippen LogP contribution in [0.15, 0.2) is 12.7 Å². The number of hydrogen-bond acceptors (Lipinski definition) is 5. The molecule has 0 aliphatic heterocycles. The molecule has 22 heavy (non-hydrogen) atoms. The number of unbranched alkanes of at least 4 members (excludes halogenated alkanes) is 3. The highest BCUT2D eigenvalue weighted by Gasteiger charge is 2.32. The summed E-state index contributed by atoms with van der Waals surface area (Å²) in [7, 11) is -0.581. The van der Waals surface area contributed by atoms with Gasteiger partial charge in [-0.1, -0.05) is 18.1 Å². The van der Waals surface area contributed by atoms with E-state index in [-0.39, 0.29) is 11.3 Å². The molecule has 1 unspecified atom stereocenters. The normalized spacial score (nSPS) is 14.4. The number of rotatable bonds is 13. The minimum absolute atomic E-state index is 0.0387. The van der Waals surface area contributed by atoms with E-state index in [0.29, 0.717) is 19.6 Å². The third-order valence-corrected chi connectivity index (χ3v) is 3.94. The third-order valence-electron chi connectivity index (χ3n) is 2.78. The Bertz CT molecular complexity index is 386. The van der Waals surface area contributed by atoms with Crippen molar-refractivity contribution in [2.75, 3.05) is 33.9 Å². The molecule has 1 N–H and O–H groups in total. The van der Waals surface area contributed by atoms with Gasteiger partial charge in [0.2, 0.25) is 0 Å². The molecule has 0 aromatic rings. The van der Waals surface area contributed by atoms with Crippen molar-refractivity contribution in [3.63, 3.8) is 0 Å². The number of carbonyl (C=O) groups excluding carboxylic acids is 1. The smallest absolute Gasteiger partial charge is 0.463 e. The van der Waals surface area contributed by atoms with Gasteiger partial charge in [0.05, 0.1) is 27.3 Å². The highest BCUT2D eigenvalue weighted by atomic mass is 31.2. The van der Waals surface area contributed by atoms with Gasteiger partial charge < -0.3 is 4.74 Å². The minimum atomic E-state index is -4.01. The Morgan fingerprint density at radius 1 is 1.23 bits per heavy atom. The van der Waals surface area contributed by atoms with Crippen molar-refractivity contribution in [3.05, 3.63) is 12.7 Å². The summed E-state index contributed by atoms with van der Waals surface area (Å²) in [6.07, 6.45) is 5.24. The van der Waals surface area contributed by atoms with Crippen LogP contribution in [-0.4, -0.2) is 49.4 Å². The molecule has 0 aliphatic carbocycles. The second-order valence-electron chi connectivity index (χ2n) is 5.47. The molecule has 1 atom stereocenters. The number of phosphoric acid groups is 1. The molecular weight excluding hydrogens is 309 g/mol. The van der Waals surface area contributed by atoms with Crippen molar-refractivity contribution < 1.29 is 32.8 Å². The molecule has 0 aromatic carbocycles. The zero-order valence-corrected chi connectivity index (χ0v) is 14.7. The van der Waals surface area contributed by atoms with Crippen LogP contribution in [0.25, 0.3) is 0 Å². The van der Waals surface area contributed by atoms with Gasteiger partial charge in [-0.05, 0) is 32.1 Å². The average Bonchev–Trinajstić information content (AvgIpc) is 2.42. The van der Waals surface area contributed by atoms with E-state index in [1.807, 2.05) is 6.92 Å². The van der Waals surface area contributed by atoms with Crippen LogP contribution in [0.2, 0.25) is 0 Å². The SMILES string of the molecule is C=CC(=O)OCCCCCC[N+](C)(C)OP(=O)(O)OCCC. The molecule has 0 heterocycles. The molecule has 0 saturated carbocycles. The molecule has 0 saturated heterocycles. The molecule has 0 rings (SSSR count). The number of hydroxylamine groups is 3. The Balaban J connectivity index is 3.82. The maximum atomic E-state index is 11.7. The van der Waals surface area contributed by atoms with E-state index in [0.717, 1.165) is 31.8 Å². The number of esters is 1. The summed E-state index contributed by atoms with van der Waals surface area (Å²) >= 11 is 0. The predicted octanol–water partition coefficient (Wildman–Crippen LogP) is 2.81. The zero-order chi connectivity index (χ0) is 17.1. The van der Waals surface area contributed by atoms with Crippen molar-refractivity contribution >= 4 is 13.8 Å². The maximum absolute atomic E-state index is 11.7. The van der Waals surface area contributed by atoms with Crippen molar-refractivity contribution in [1.29, 1.82) is 0 Å². The monoisotopic (exact) mass is 338 g/mol. The zero-order valence-electron chi connectivity index (χ0n) is 13.8. The van der Waals surface area contributed by atoms with Gasteiger partial charge in [-0.25, -0.2) is 9.36 Å². The van der Waals surface area contributed by atoms with Gasteiger partial charge in [0, 0.05) is 6.08 Å². The highest BCUT2D eigenvalue weighted by molar-refractivity contribution is 7.47. The summed E-state index contributed by atoms with van der Waals surface area (Å²) in [5.74, 6) is -0.406. The topological polar surface area (TPSA) is 82.1 Å². The van der Waals surface area contributed by atoms with E-state index in [9.17, 15) is 14.3 Å². The molecule has 0 radical (unpaired) electrons. The van der Waals surface area contributed by atoms with Crippen LogP contribution in [0.3, 0.4) is 0 Å². The Hall–Kier alpha value is -0.720. The average molecular weight is 338 g/mol. The molecule has 7 nitrogen and oxygen atoms in total. The predicted molar refractivity (Wildman–Crippen MR) is 83.8 cm³/mol. The van der Waals surface area contributed by atoms with E-state index in [4.69, 9.17) is 13.9 Å². The summed E-state index contributed by atoms with van der Waals surface area (Å²) in [5.41, 5.74) is 0. The lowest BCUT2D eigenvalue weighted by molar-refractivity contribution is -1.05. The summed E-state index contributed by atoms with van der Waals surface area (Å²) in [6, 6.07) is 0. The molecule has 0 bridgehead atoms. The molecule has 8 heteroatoms. The van der Waals surface area contributed by atoms with Crippen LogP contribution in [0, 0.1) is 0 Å². The fourth-order valence-electron chi connectivity index (χ4n) is 1.73. The third kappa shape index (κ3) is 11.9. The Morgan fingerprint density at radius 3 is 2.45 bits per heavy atom. The van der Waals surface area contributed by atoms with Gasteiger partial charge >= 0.3 is 13.8 Å². The Kier molecular flexibility index (Phi) is 10.6. The van der Waals surface area contributed by atoms with E-state index in [1.54, 1.807) is 14.1 Å². The van der Waals surface area contributed by atoms with Crippen LogP contribution in [0.5, 0.6) is 0 Å². The number of hydrogen-bond donors (Lipinski definition) is 1. The number of ether oxygens (including phenoxy) is 1. The lowest BCUT2D eigenvalue weighted by Gasteiger charge is -2.27. The first-order chi connectivity index (χ1) is 10.2. The van der Waals surface area contributed by atoms with Crippen LogP contribution in [0.4, 0.5) is 0 Å². The summed E-state index contributed by atoms with van der Waals surface area (Å²) < 4.78 is 26.5.